The zero-order chi connectivity index (χ0) is 18.7. The Morgan fingerprint density at radius 3 is 2.46 bits per heavy atom. The predicted octanol–water partition coefficient (Wildman–Crippen LogP) is 2.28. The first-order valence-electron chi connectivity index (χ1n) is 8.83. The van der Waals surface area contributed by atoms with E-state index >= 15 is 0 Å². The van der Waals surface area contributed by atoms with Gasteiger partial charge in [0.25, 0.3) is 5.91 Å². The molecule has 0 unspecified atom stereocenters. The number of nitrogens with zero attached hydrogens (tertiary/aromatic N) is 2. The molecule has 6 heteroatoms. The molecule has 1 fully saturated rings. The number of nitrogens with one attached hydrogen (secondary N) is 1. The molecule has 2 aromatic rings. The number of rotatable bonds is 5. The number of piperazine rings is 1. The Balaban J connectivity index is 1.56. The molecule has 0 atom stereocenters. The second-order valence-corrected chi connectivity index (χ2v) is 6.71. The Morgan fingerprint density at radius 1 is 1.12 bits per heavy atom. The van der Waals surface area contributed by atoms with E-state index < -0.39 is 0 Å². The van der Waals surface area contributed by atoms with E-state index in [2.05, 4.69) is 9.88 Å². The molecule has 138 valence electrons. The van der Waals surface area contributed by atoms with E-state index in [0.29, 0.717) is 44.0 Å². The summed E-state index contributed by atoms with van der Waals surface area (Å²) in [7, 11) is 1.59. The van der Waals surface area contributed by atoms with Crippen LogP contribution in [0.5, 0.6) is 5.75 Å². The highest BCUT2D eigenvalue weighted by atomic mass is 16.5. The van der Waals surface area contributed by atoms with Crippen LogP contribution in [0.25, 0.3) is 0 Å². The molecule has 0 bridgehead atoms. The van der Waals surface area contributed by atoms with Crippen LogP contribution in [0.1, 0.15) is 32.1 Å². The molecule has 0 aliphatic carbocycles. The van der Waals surface area contributed by atoms with E-state index in [1.807, 2.05) is 36.9 Å². The molecular formula is C20H25N3O3. The van der Waals surface area contributed by atoms with Crippen LogP contribution in [0.4, 0.5) is 0 Å². The monoisotopic (exact) mass is 355 g/mol. The third-order valence-electron chi connectivity index (χ3n) is 4.79. The quantitative estimate of drug-likeness (QED) is 0.836. The highest BCUT2D eigenvalue weighted by Gasteiger charge is 2.24. The van der Waals surface area contributed by atoms with Crippen LogP contribution < -0.4 is 4.74 Å². The first kappa shape index (κ1) is 18.2. The van der Waals surface area contributed by atoms with Crippen molar-refractivity contribution in [3.8, 4) is 5.75 Å². The van der Waals surface area contributed by atoms with Gasteiger partial charge >= 0.3 is 0 Å². The van der Waals surface area contributed by atoms with Gasteiger partial charge in [0.1, 0.15) is 5.75 Å². The number of benzene rings is 1. The van der Waals surface area contributed by atoms with Crippen LogP contribution in [-0.2, 0) is 0 Å². The molecule has 0 spiro atoms. The van der Waals surface area contributed by atoms with Crippen molar-refractivity contribution in [2.24, 2.45) is 0 Å². The Morgan fingerprint density at radius 2 is 1.85 bits per heavy atom. The minimum atomic E-state index is 0.00646. The fraction of sp³-hybridized carbons (Fsp3) is 0.400. The number of hydrogen-bond acceptors (Lipinski definition) is 4. The van der Waals surface area contributed by atoms with Crippen molar-refractivity contribution in [2.75, 3.05) is 39.8 Å². The molecule has 1 saturated heterocycles. The summed E-state index contributed by atoms with van der Waals surface area (Å²) in [6.07, 6.45) is 0. The van der Waals surface area contributed by atoms with Crippen molar-refractivity contribution in [3.05, 3.63) is 52.8 Å². The summed E-state index contributed by atoms with van der Waals surface area (Å²) < 4.78 is 5.19. The molecule has 26 heavy (non-hydrogen) atoms. The number of aromatic amines is 1. The van der Waals surface area contributed by atoms with E-state index in [9.17, 15) is 9.59 Å². The van der Waals surface area contributed by atoms with Crippen LogP contribution in [0.15, 0.2) is 30.3 Å². The van der Waals surface area contributed by atoms with Crippen LogP contribution >= 0.6 is 0 Å². The molecule has 1 N–H and O–H groups in total. The fourth-order valence-electron chi connectivity index (χ4n) is 3.35. The molecule has 1 aromatic heterocycles. The number of carbonyl (C=O) groups is 2. The zero-order valence-electron chi connectivity index (χ0n) is 15.5. The number of aryl methyl sites for hydroxylation is 2. The van der Waals surface area contributed by atoms with Gasteiger partial charge in [-0.2, -0.15) is 0 Å². The van der Waals surface area contributed by atoms with Crippen molar-refractivity contribution in [1.82, 2.24) is 14.8 Å². The fourth-order valence-corrected chi connectivity index (χ4v) is 3.35. The maximum Gasteiger partial charge on any atom is 0.254 e. The molecule has 1 aliphatic rings. The first-order valence-corrected chi connectivity index (χ1v) is 8.83. The van der Waals surface area contributed by atoms with Gasteiger partial charge in [-0.05, 0) is 38.1 Å². The summed E-state index contributed by atoms with van der Waals surface area (Å²) in [6.45, 7) is 6.90. The summed E-state index contributed by atoms with van der Waals surface area (Å²) >= 11 is 0. The van der Waals surface area contributed by atoms with Gasteiger partial charge in [0.05, 0.1) is 13.7 Å². The normalized spacial score (nSPS) is 15.1. The lowest BCUT2D eigenvalue weighted by Gasteiger charge is -2.34. The van der Waals surface area contributed by atoms with Crippen molar-refractivity contribution in [1.29, 1.82) is 0 Å². The summed E-state index contributed by atoms with van der Waals surface area (Å²) in [4.78, 5) is 32.3. The minimum absolute atomic E-state index is 0.00646. The number of amides is 1. The smallest absolute Gasteiger partial charge is 0.254 e. The average molecular weight is 355 g/mol. The van der Waals surface area contributed by atoms with E-state index in [-0.39, 0.29) is 11.7 Å². The van der Waals surface area contributed by atoms with Gasteiger partial charge in [-0.25, -0.2) is 0 Å². The van der Waals surface area contributed by atoms with Crippen molar-refractivity contribution >= 4 is 11.7 Å². The van der Waals surface area contributed by atoms with Gasteiger partial charge < -0.3 is 14.6 Å². The molecule has 1 amide bonds. The van der Waals surface area contributed by atoms with E-state index in [4.69, 9.17) is 4.74 Å². The number of ether oxygens (including phenoxy) is 1. The molecule has 0 saturated carbocycles. The molecule has 0 radical (unpaired) electrons. The Hall–Kier alpha value is -2.60. The van der Waals surface area contributed by atoms with Gasteiger partial charge in [-0.1, -0.05) is 6.07 Å². The molecule has 1 aromatic carbocycles. The Kier molecular flexibility index (Phi) is 5.42. The van der Waals surface area contributed by atoms with Gasteiger partial charge in [0.15, 0.2) is 5.78 Å². The summed E-state index contributed by atoms with van der Waals surface area (Å²) in [5.41, 5.74) is 3.31. The van der Waals surface area contributed by atoms with E-state index in [1.165, 1.54) is 0 Å². The third-order valence-corrected chi connectivity index (χ3v) is 4.79. The minimum Gasteiger partial charge on any atom is -0.497 e. The second-order valence-electron chi connectivity index (χ2n) is 6.71. The van der Waals surface area contributed by atoms with Gasteiger partial charge in [0, 0.05) is 48.7 Å². The summed E-state index contributed by atoms with van der Waals surface area (Å²) in [6, 6.07) is 9.11. The van der Waals surface area contributed by atoms with Gasteiger partial charge in [-0.15, -0.1) is 0 Å². The first-order chi connectivity index (χ1) is 12.5. The van der Waals surface area contributed by atoms with Crippen molar-refractivity contribution in [3.63, 3.8) is 0 Å². The summed E-state index contributed by atoms with van der Waals surface area (Å²) in [5, 5.41) is 0. The SMILES string of the molecule is COc1cccc(C(=O)N2CCN(CC(=O)c3cc(C)[nH]c3C)CC2)c1. The Labute approximate surface area is 153 Å². The van der Waals surface area contributed by atoms with Crippen LogP contribution in [0.2, 0.25) is 0 Å². The van der Waals surface area contributed by atoms with Crippen LogP contribution in [0.3, 0.4) is 0 Å². The number of Topliss-reactive ketones (excluding diaryl/α,β-unsaturated/α-hetero) is 1. The number of hydrogen-bond donors (Lipinski definition) is 1. The summed E-state index contributed by atoms with van der Waals surface area (Å²) in [5.74, 6) is 0.809. The topological polar surface area (TPSA) is 65.6 Å². The maximum atomic E-state index is 12.6. The van der Waals surface area contributed by atoms with Crippen molar-refractivity contribution < 1.29 is 14.3 Å². The molecular weight excluding hydrogens is 330 g/mol. The van der Waals surface area contributed by atoms with Crippen molar-refractivity contribution in [2.45, 2.75) is 13.8 Å². The second kappa shape index (κ2) is 7.74. The number of H-pyrrole nitrogens is 1. The molecule has 3 rings (SSSR count). The molecule has 6 nitrogen and oxygen atoms in total. The van der Waals surface area contributed by atoms with Crippen LogP contribution in [-0.4, -0.2) is 66.3 Å². The highest BCUT2D eigenvalue weighted by molar-refractivity contribution is 5.99. The number of methoxy groups -OCH3 is 1. The van der Waals surface area contributed by atoms with Gasteiger partial charge in [0.2, 0.25) is 0 Å². The molecule has 2 heterocycles. The predicted molar refractivity (Wildman–Crippen MR) is 99.9 cm³/mol. The lowest BCUT2D eigenvalue weighted by Crippen LogP contribution is -2.49. The lowest BCUT2D eigenvalue weighted by atomic mass is 10.1. The molecule has 1 aliphatic heterocycles. The maximum absolute atomic E-state index is 12.6. The zero-order valence-corrected chi connectivity index (χ0v) is 15.5. The Bertz CT molecular complexity index is 804. The van der Waals surface area contributed by atoms with E-state index in [0.717, 1.165) is 17.0 Å². The lowest BCUT2D eigenvalue weighted by molar-refractivity contribution is 0.0624. The standard InChI is InChI=1S/C20H25N3O3/c1-14-11-18(15(2)21-14)19(24)13-22-7-9-23(10-8-22)20(25)16-5-4-6-17(12-16)26-3/h4-6,11-12,21H,7-10,13H2,1-3H3. The third kappa shape index (κ3) is 3.96. The average Bonchev–Trinajstić information content (AvgIpc) is 3.00. The van der Waals surface area contributed by atoms with Gasteiger partial charge in [-0.3, -0.25) is 14.5 Å². The largest absolute Gasteiger partial charge is 0.497 e. The van der Waals surface area contributed by atoms with Crippen LogP contribution in [0, 0.1) is 13.8 Å². The van der Waals surface area contributed by atoms with E-state index in [1.54, 1.807) is 19.2 Å². The number of carbonyl (C=O) groups excluding carboxylic acids is 2. The number of ketones is 1. The highest BCUT2D eigenvalue weighted by Crippen LogP contribution is 2.16. The number of aromatic nitrogens is 1.